The van der Waals surface area contributed by atoms with Gasteiger partial charge >= 0.3 is 0 Å². The van der Waals surface area contributed by atoms with Crippen LogP contribution in [0.3, 0.4) is 0 Å². The largest absolute Gasteiger partial charge is 0.317 e. The van der Waals surface area contributed by atoms with Crippen molar-refractivity contribution in [2.24, 2.45) is 4.99 Å². The van der Waals surface area contributed by atoms with Crippen molar-refractivity contribution < 1.29 is 4.79 Å². The number of rotatable bonds is 4. The van der Waals surface area contributed by atoms with E-state index in [0.717, 1.165) is 21.1 Å². The number of carbonyl (C=O) groups is 1. The minimum absolute atomic E-state index is 0.127. The number of hydrogen-bond donors (Lipinski definition) is 0. The molecule has 2 heterocycles. The van der Waals surface area contributed by atoms with Crippen LogP contribution in [-0.4, -0.2) is 10.4 Å². The molecule has 0 aliphatic heterocycles. The number of nitrogens with zero attached hydrogens (tertiary/aromatic N) is 2. The molecule has 0 radical (unpaired) electrons. The van der Waals surface area contributed by atoms with Crippen molar-refractivity contribution >= 4 is 34.1 Å². The number of aryl methyl sites for hydroxylation is 1. The van der Waals surface area contributed by atoms with Crippen LogP contribution >= 0.6 is 22.7 Å². The van der Waals surface area contributed by atoms with E-state index in [1.54, 1.807) is 18.3 Å². The van der Waals surface area contributed by atoms with Crippen molar-refractivity contribution in [1.82, 2.24) is 4.57 Å². The van der Waals surface area contributed by atoms with Gasteiger partial charge in [-0.05, 0) is 61.4 Å². The van der Waals surface area contributed by atoms with Crippen LogP contribution in [0.15, 0.2) is 40.7 Å². The van der Waals surface area contributed by atoms with Gasteiger partial charge in [-0.2, -0.15) is 0 Å². The van der Waals surface area contributed by atoms with Crippen LogP contribution in [0.1, 0.15) is 46.7 Å². The lowest BCUT2D eigenvalue weighted by molar-refractivity contribution is 0.102. The first-order chi connectivity index (χ1) is 12.0. The van der Waals surface area contributed by atoms with Gasteiger partial charge in [0.05, 0.1) is 10.6 Å². The van der Waals surface area contributed by atoms with Gasteiger partial charge in [0.25, 0.3) is 0 Å². The van der Waals surface area contributed by atoms with Crippen LogP contribution in [0.5, 0.6) is 0 Å². The van der Waals surface area contributed by atoms with Crippen LogP contribution in [0.25, 0.3) is 10.4 Å². The SMILES string of the molecule is CC(=O)c1sc(=Nc2ccc(-c3sccc3C)cc2)n(C2CC2)c1C. The molecule has 3 nitrogen and oxygen atoms in total. The van der Waals surface area contributed by atoms with Crippen molar-refractivity contribution in [2.75, 3.05) is 0 Å². The first-order valence-corrected chi connectivity index (χ1v) is 10.2. The molecular formula is C20H20N2OS2. The number of carbonyl (C=O) groups excluding carboxylic acids is 1. The normalized spacial score (nSPS) is 14.9. The number of thiophene rings is 1. The highest BCUT2D eigenvalue weighted by molar-refractivity contribution is 7.13. The summed E-state index contributed by atoms with van der Waals surface area (Å²) in [7, 11) is 0. The molecule has 5 heteroatoms. The Hall–Kier alpha value is -1.98. The molecule has 4 rings (SSSR count). The third-order valence-corrected chi connectivity index (χ3v) is 6.86. The maximum Gasteiger partial charge on any atom is 0.191 e. The number of thiazole rings is 1. The van der Waals surface area contributed by atoms with Gasteiger partial charge in [0.2, 0.25) is 0 Å². The molecule has 0 unspecified atom stereocenters. The minimum atomic E-state index is 0.127. The average Bonchev–Trinajstić information content (AvgIpc) is 3.24. The number of ketones is 1. The molecule has 0 atom stereocenters. The van der Waals surface area contributed by atoms with E-state index in [4.69, 9.17) is 4.99 Å². The van der Waals surface area contributed by atoms with Gasteiger partial charge in [-0.25, -0.2) is 4.99 Å². The first kappa shape index (κ1) is 16.5. The zero-order valence-electron chi connectivity index (χ0n) is 14.6. The fraction of sp³-hybridized carbons (Fsp3) is 0.300. The summed E-state index contributed by atoms with van der Waals surface area (Å²) in [6, 6.07) is 11.0. The Morgan fingerprint density at radius 3 is 2.44 bits per heavy atom. The number of Topliss-reactive ketones (excluding diaryl/α,β-unsaturated/α-hetero) is 1. The lowest BCUT2D eigenvalue weighted by Crippen LogP contribution is -2.14. The molecule has 0 amide bonds. The van der Waals surface area contributed by atoms with Crippen molar-refractivity contribution in [3.05, 3.63) is 56.6 Å². The van der Waals surface area contributed by atoms with Crippen molar-refractivity contribution in [2.45, 2.75) is 39.7 Å². The van der Waals surface area contributed by atoms with Gasteiger partial charge in [-0.1, -0.05) is 23.5 Å². The molecule has 25 heavy (non-hydrogen) atoms. The Labute approximate surface area is 155 Å². The first-order valence-electron chi connectivity index (χ1n) is 8.46. The van der Waals surface area contributed by atoms with Crippen LogP contribution in [0.4, 0.5) is 5.69 Å². The molecule has 0 spiro atoms. The second kappa shape index (κ2) is 6.39. The third kappa shape index (κ3) is 3.14. The highest BCUT2D eigenvalue weighted by atomic mass is 32.1. The molecule has 1 saturated carbocycles. The average molecular weight is 369 g/mol. The van der Waals surface area contributed by atoms with Gasteiger partial charge in [-0.3, -0.25) is 4.79 Å². The van der Waals surface area contributed by atoms with Crippen LogP contribution < -0.4 is 4.80 Å². The van der Waals surface area contributed by atoms with Crippen molar-refractivity contribution in [1.29, 1.82) is 0 Å². The Balaban J connectivity index is 1.75. The highest BCUT2D eigenvalue weighted by Crippen LogP contribution is 2.36. The molecule has 2 aromatic heterocycles. The Kier molecular flexibility index (Phi) is 4.21. The van der Waals surface area contributed by atoms with E-state index in [-0.39, 0.29) is 5.78 Å². The summed E-state index contributed by atoms with van der Waals surface area (Å²) in [6.45, 7) is 5.81. The van der Waals surface area contributed by atoms with E-state index < -0.39 is 0 Å². The fourth-order valence-corrected chi connectivity index (χ4v) is 5.14. The van der Waals surface area contributed by atoms with Gasteiger partial charge in [-0.15, -0.1) is 11.3 Å². The zero-order chi connectivity index (χ0) is 17.6. The van der Waals surface area contributed by atoms with E-state index >= 15 is 0 Å². The maximum absolute atomic E-state index is 11.9. The standard InChI is InChI=1S/C20H20N2OS2/c1-12-10-11-24-18(12)15-4-6-16(7-5-15)21-20-22(17-8-9-17)13(2)19(25-20)14(3)23/h4-7,10-11,17H,8-9H2,1-3H3. The van der Waals surface area contributed by atoms with E-state index in [2.05, 4.69) is 47.2 Å². The fourth-order valence-electron chi connectivity index (χ4n) is 3.10. The number of hydrogen-bond acceptors (Lipinski definition) is 4. The topological polar surface area (TPSA) is 34.4 Å². The summed E-state index contributed by atoms with van der Waals surface area (Å²) < 4.78 is 2.25. The van der Waals surface area contributed by atoms with E-state index in [1.807, 2.05) is 6.92 Å². The molecule has 1 fully saturated rings. The van der Waals surface area contributed by atoms with E-state index in [9.17, 15) is 4.79 Å². The lowest BCUT2D eigenvalue weighted by atomic mass is 10.1. The smallest absolute Gasteiger partial charge is 0.191 e. The second-order valence-corrected chi connectivity index (χ2v) is 8.44. The van der Waals surface area contributed by atoms with Crippen LogP contribution in [0.2, 0.25) is 0 Å². The Morgan fingerprint density at radius 2 is 1.88 bits per heavy atom. The maximum atomic E-state index is 11.9. The number of benzene rings is 1. The molecule has 0 N–H and O–H groups in total. The number of aromatic nitrogens is 1. The zero-order valence-corrected chi connectivity index (χ0v) is 16.2. The van der Waals surface area contributed by atoms with E-state index in [1.165, 1.54) is 40.2 Å². The predicted octanol–water partition coefficient (Wildman–Crippen LogP) is 5.66. The quantitative estimate of drug-likeness (QED) is 0.547. The van der Waals surface area contributed by atoms with Gasteiger partial charge in [0, 0.05) is 23.5 Å². The second-order valence-electron chi connectivity index (χ2n) is 6.55. The molecule has 1 aromatic carbocycles. The summed E-state index contributed by atoms with van der Waals surface area (Å²) in [5.41, 5.74) is 4.53. The van der Waals surface area contributed by atoms with E-state index in [0.29, 0.717) is 6.04 Å². The van der Waals surface area contributed by atoms with Crippen molar-refractivity contribution in [3.63, 3.8) is 0 Å². The molecule has 1 aliphatic rings. The predicted molar refractivity (Wildman–Crippen MR) is 105 cm³/mol. The lowest BCUT2D eigenvalue weighted by Gasteiger charge is -2.04. The summed E-state index contributed by atoms with van der Waals surface area (Å²) in [4.78, 5) is 19.8. The monoisotopic (exact) mass is 368 g/mol. The van der Waals surface area contributed by atoms with Gasteiger partial charge < -0.3 is 4.57 Å². The molecule has 0 bridgehead atoms. The van der Waals surface area contributed by atoms with Crippen molar-refractivity contribution in [3.8, 4) is 10.4 Å². The van der Waals surface area contributed by atoms with Gasteiger partial charge in [0.1, 0.15) is 0 Å². The van der Waals surface area contributed by atoms with Crippen LogP contribution in [0, 0.1) is 13.8 Å². The van der Waals surface area contributed by atoms with Crippen LogP contribution in [-0.2, 0) is 0 Å². The Morgan fingerprint density at radius 1 is 1.16 bits per heavy atom. The third-order valence-electron chi connectivity index (χ3n) is 4.54. The molecule has 128 valence electrons. The molecule has 0 saturated heterocycles. The summed E-state index contributed by atoms with van der Waals surface area (Å²) >= 11 is 3.28. The summed E-state index contributed by atoms with van der Waals surface area (Å²) in [5.74, 6) is 0.127. The summed E-state index contributed by atoms with van der Waals surface area (Å²) in [5, 5.41) is 2.12. The highest BCUT2D eigenvalue weighted by Gasteiger charge is 2.28. The summed E-state index contributed by atoms with van der Waals surface area (Å²) in [6.07, 6.45) is 2.36. The molecule has 1 aliphatic carbocycles. The van der Waals surface area contributed by atoms with Gasteiger partial charge in [0.15, 0.2) is 10.6 Å². The minimum Gasteiger partial charge on any atom is -0.317 e. The molecular weight excluding hydrogens is 348 g/mol. The Bertz CT molecular complexity index is 1000. The molecule has 3 aromatic rings.